The lowest BCUT2D eigenvalue weighted by atomic mass is 10.3. The minimum atomic E-state index is -2.65. The Hall–Kier alpha value is -0.550. The van der Waals surface area contributed by atoms with Crippen LogP contribution in [0.15, 0.2) is 27.6 Å². The number of hydrogen-bond donors (Lipinski definition) is 1. The Balaban J connectivity index is 3.26. The van der Waals surface area contributed by atoms with Crippen molar-refractivity contribution in [1.29, 1.82) is 4.78 Å². The van der Waals surface area contributed by atoms with Gasteiger partial charge in [0.2, 0.25) is 0 Å². The largest absolute Gasteiger partial charge is 0.496 e. The number of methoxy groups -OCH3 is 1. The van der Waals surface area contributed by atoms with E-state index in [2.05, 4.69) is 15.9 Å². The van der Waals surface area contributed by atoms with E-state index in [0.717, 1.165) is 4.47 Å². The molecular formula is C9H12BrNO2S. The molecule has 0 radical (unpaired) electrons. The Bertz CT molecular complexity index is 428. The van der Waals surface area contributed by atoms with Crippen LogP contribution in [0.25, 0.3) is 0 Å². The van der Waals surface area contributed by atoms with Crippen molar-refractivity contribution in [2.24, 2.45) is 0 Å². The summed E-state index contributed by atoms with van der Waals surface area (Å²) in [4.78, 5) is 0.514. The average Bonchev–Trinajstić information content (AvgIpc) is 2.18. The number of nitrogens with one attached hydrogen (secondary N) is 1. The molecule has 1 unspecified atom stereocenters. The van der Waals surface area contributed by atoms with Crippen molar-refractivity contribution in [2.75, 3.05) is 12.9 Å². The van der Waals surface area contributed by atoms with Gasteiger partial charge in [-0.2, -0.15) is 0 Å². The lowest BCUT2D eigenvalue weighted by Gasteiger charge is -2.08. The summed E-state index contributed by atoms with van der Waals surface area (Å²) < 4.78 is 25.2. The predicted octanol–water partition coefficient (Wildman–Crippen LogP) is 2.88. The minimum absolute atomic E-state index is 0.317. The van der Waals surface area contributed by atoms with E-state index in [4.69, 9.17) is 9.52 Å². The number of ether oxygens (including phenoxy) is 1. The molecule has 1 atom stereocenters. The first kappa shape index (κ1) is 11.5. The molecule has 0 aromatic heterocycles. The van der Waals surface area contributed by atoms with Gasteiger partial charge in [-0.25, -0.2) is 8.99 Å². The van der Waals surface area contributed by atoms with Gasteiger partial charge < -0.3 is 4.74 Å². The predicted molar refractivity (Wildman–Crippen MR) is 60.4 cm³/mol. The van der Waals surface area contributed by atoms with Gasteiger partial charge in [-0.15, -0.1) is 0 Å². The van der Waals surface area contributed by atoms with E-state index in [0.29, 0.717) is 16.4 Å². The lowest BCUT2D eigenvalue weighted by molar-refractivity contribution is 0.411. The monoisotopic (exact) mass is 277 g/mol. The molecule has 3 nitrogen and oxygen atoms in total. The van der Waals surface area contributed by atoms with Crippen molar-refractivity contribution < 1.29 is 8.95 Å². The molecule has 1 aromatic carbocycles. The van der Waals surface area contributed by atoms with Crippen LogP contribution in [0.1, 0.15) is 6.92 Å². The van der Waals surface area contributed by atoms with E-state index < -0.39 is 9.73 Å². The van der Waals surface area contributed by atoms with E-state index >= 15 is 0 Å². The molecule has 0 bridgehead atoms. The molecule has 1 aromatic rings. The Morgan fingerprint density at radius 1 is 1.57 bits per heavy atom. The molecule has 0 spiro atoms. The van der Waals surface area contributed by atoms with Crippen LogP contribution in [-0.4, -0.2) is 17.1 Å². The SMILES string of the molecule is CCS(=N)(=O)c1ccc(Br)c(OC)c1. The smallest absolute Gasteiger partial charge is 0.134 e. The second-order valence-electron chi connectivity index (χ2n) is 2.76. The summed E-state index contributed by atoms with van der Waals surface area (Å²) in [6.07, 6.45) is 0. The Morgan fingerprint density at radius 3 is 2.71 bits per heavy atom. The van der Waals surface area contributed by atoms with Gasteiger partial charge in [-0.05, 0) is 34.1 Å². The van der Waals surface area contributed by atoms with Crippen LogP contribution in [0.2, 0.25) is 0 Å². The highest BCUT2D eigenvalue weighted by molar-refractivity contribution is 9.10. The summed E-state index contributed by atoms with van der Waals surface area (Å²) in [5, 5.41) is 0. The molecule has 0 aliphatic carbocycles. The van der Waals surface area contributed by atoms with Crippen LogP contribution in [0.5, 0.6) is 5.75 Å². The van der Waals surface area contributed by atoms with E-state index in [1.807, 2.05) is 0 Å². The van der Waals surface area contributed by atoms with Crippen molar-refractivity contribution in [1.82, 2.24) is 0 Å². The molecule has 78 valence electrons. The molecule has 0 aliphatic rings. The fourth-order valence-electron chi connectivity index (χ4n) is 1.01. The number of halogens is 1. The zero-order chi connectivity index (χ0) is 10.8. The fourth-order valence-corrected chi connectivity index (χ4v) is 2.34. The van der Waals surface area contributed by atoms with E-state index in [9.17, 15) is 4.21 Å². The van der Waals surface area contributed by atoms with Crippen LogP contribution < -0.4 is 4.74 Å². The number of hydrogen-bond acceptors (Lipinski definition) is 3. The first-order valence-corrected chi connectivity index (χ1v) is 6.63. The van der Waals surface area contributed by atoms with E-state index in [1.165, 1.54) is 0 Å². The van der Waals surface area contributed by atoms with E-state index in [-0.39, 0.29) is 0 Å². The molecule has 14 heavy (non-hydrogen) atoms. The molecule has 1 N–H and O–H groups in total. The maximum Gasteiger partial charge on any atom is 0.134 e. The van der Waals surface area contributed by atoms with Gasteiger partial charge in [0.1, 0.15) is 5.75 Å². The Kier molecular flexibility index (Phi) is 3.55. The zero-order valence-electron chi connectivity index (χ0n) is 8.04. The average molecular weight is 278 g/mol. The Labute approximate surface area is 92.6 Å². The topological polar surface area (TPSA) is 50.2 Å². The summed E-state index contributed by atoms with van der Waals surface area (Å²) in [5.74, 6) is 0.925. The van der Waals surface area contributed by atoms with Gasteiger partial charge in [-0.3, -0.25) is 0 Å². The van der Waals surface area contributed by atoms with Gasteiger partial charge in [0.15, 0.2) is 0 Å². The highest BCUT2D eigenvalue weighted by Gasteiger charge is 2.10. The van der Waals surface area contributed by atoms with Crippen molar-refractivity contribution in [2.45, 2.75) is 11.8 Å². The third-order valence-corrected chi connectivity index (χ3v) is 4.39. The number of benzene rings is 1. The highest BCUT2D eigenvalue weighted by Crippen LogP contribution is 2.28. The van der Waals surface area contributed by atoms with Crippen LogP contribution in [0, 0.1) is 4.78 Å². The van der Waals surface area contributed by atoms with Crippen molar-refractivity contribution in [3.63, 3.8) is 0 Å². The van der Waals surface area contributed by atoms with Crippen LogP contribution in [0.4, 0.5) is 0 Å². The fraction of sp³-hybridized carbons (Fsp3) is 0.333. The number of rotatable bonds is 3. The zero-order valence-corrected chi connectivity index (χ0v) is 10.4. The second kappa shape index (κ2) is 4.31. The van der Waals surface area contributed by atoms with Crippen LogP contribution in [-0.2, 0) is 9.73 Å². The molecule has 0 heterocycles. The maximum atomic E-state index is 11.7. The molecule has 5 heteroatoms. The summed E-state index contributed by atoms with van der Waals surface area (Å²) in [5.41, 5.74) is 0. The first-order chi connectivity index (χ1) is 6.51. The van der Waals surface area contributed by atoms with Crippen molar-refractivity contribution >= 4 is 25.7 Å². The molecule has 0 aliphatic heterocycles. The van der Waals surface area contributed by atoms with Crippen LogP contribution in [0.3, 0.4) is 0 Å². The molecular weight excluding hydrogens is 266 g/mol. The lowest BCUT2D eigenvalue weighted by Crippen LogP contribution is -2.01. The summed E-state index contributed by atoms with van der Waals surface area (Å²) in [6, 6.07) is 5.08. The van der Waals surface area contributed by atoms with Crippen molar-refractivity contribution in [3.05, 3.63) is 22.7 Å². The second-order valence-corrected chi connectivity index (χ2v) is 6.01. The molecule has 0 saturated carbocycles. The summed E-state index contributed by atoms with van der Waals surface area (Å²) >= 11 is 3.30. The minimum Gasteiger partial charge on any atom is -0.496 e. The first-order valence-electron chi connectivity index (χ1n) is 4.11. The van der Waals surface area contributed by atoms with Gasteiger partial charge in [-0.1, -0.05) is 6.92 Å². The third-order valence-electron chi connectivity index (χ3n) is 1.91. The normalized spacial score (nSPS) is 14.8. The van der Waals surface area contributed by atoms with Gasteiger partial charge in [0.05, 0.1) is 26.2 Å². The third kappa shape index (κ3) is 2.27. The van der Waals surface area contributed by atoms with Gasteiger partial charge >= 0.3 is 0 Å². The van der Waals surface area contributed by atoms with E-state index in [1.54, 1.807) is 32.2 Å². The highest BCUT2D eigenvalue weighted by atomic mass is 79.9. The summed E-state index contributed by atoms with van der Waals surface area (Å²) in [7, 11) is -1.11. The van der Waals surface area contributed by atoms with Gasteiger partial charge in [0, 0.05) is 5.75 Å². The molecule has 1 rings (SSSR count). The molecule has 0 amide bonds. The quantitative estimate of drug-likeness (QED) is 0.924. The van der Waals surface area contributed by atoms with Crippen molar-refractivity contribution in [3.8, 4) is 5.75 Å². The molecule has 0 saturated heterocycles. The van der Waals surface area contributed by atoms with Gasteiger partial charge in [0.25, 0.3) is 0 Å². The molecule has 0 fully saturated rings. The summed E-state index contributed by atoms with van der Waals surface area (Å²) in [6.45, 7) is 1.74. The standard InChI is InChI=1S/C9H12BrNO2S/c1-3-14(11,12)7-4-5-8(10)9(6-7)13-2/h4-6,11H,3H2,1-2H3. The maximum absolute atomic E-state index is 11.7. The van der Waals surface area contributed by atoms with Crippen LogP contribution >= 0.6 is 15.9 Å². The Morgan fingerprint density at radius 2 is 2.21 bits per heavy atom.